The minimum Gasteiger partial charge on any atom is -0.369 e. The average Bonchev–Trinajstić information content (AvgIpc) is 3.05. The zero-order chi connectivity index (χ0) is 17.1. The Labute approximate surface area is 143 Å². The molecule has 1 atom stereocenters. The van der Waals surface area contributed by atoms with Crippen LogP contribution in [-0.4, -0.2) is 47.8 Å². The highest BCUT2D eigenvalue weighted by atomic mass is 16.2. The summed E-state index contributed by atoms with van der Waals surface area (Å²) in [5, 5.41) is 0. The molecule has 0 aromatic heterocycles. The second-order valence-corrected chi connectivity index (χ2v) is 7.05. The largest absolute Gasteiger partial charge is 0.369 e. The van der Waals surface area contributed by atoms with Gasteiger partial charge in [0.25, 0.3) is 0 Å². The monoisotopic (exact) mass is 329 g/mol. The molecule has 130 valence electrons. The molecule has 3 rings (SSSR count). The number of amides is 2. The van der Waals surface area contributed by atoms with Crippen molar-refractivity contribution >= 4 is 11.8 Å². The number of hydrogen-bond donors (Lipinski definition) is 1. The van der Waals surface area contributed by atoms with E-state index >= 15 is 0 Å². The first-order valence-corrected chi connectivity index (χ1v) is 8.93. The van der Waals surface area contributed by atoms with Gasteiger partial charge in [0, 0.05) is 12.5 Å². The van der Waals surface area contributed by atoms with Crippen LogP contribution < -0.4 is 5.73 Å². The molecular formula is C19H27N3O2. The third-order valence-corrected chi connectivity index (χ3v) is 5.47. The number of nitrogens with zero attached hydrogens (tertiary/aromatic N) is 2. The van der Waals surface area contributed by atoms with Gasteiger partial charge in [-0.2, -0.15) is 0 Å². The zero-order valence-electron chi connectivity index (χ0n) is 14.4. The first-order valence-electron chi connectivity index (χ1n) is 8.93. The molecule has 2 aliphatic heterocycles. The van der Waals surface area contributed by atoms with Crippen molar-refractivity contribution in [2.45, 2.75) is 38.6 Å². The van der Waals surface area contributed by atoms with E-state index in [9.17, 15) is 9.59 Å². The van der Waals surface area contributed by atoms with Crippen molar-refractivity contribution in [1.29, 1.82) is 0 Å². The van der Waals surface area contributed by atoms with Crippen molar-refractivity contribution in [1.82, 2.24) is 9.80 Å². The fourth-order valence-electron chi connectivity index (χ4n) is 4.01. The van der Waals surface area contributed by atoms with E-state index in [0.717, 1.165) is 45.3 Å². The third-order valence-electron chi connectivity index (χ3n) is 5.47. The second kappa shape index (κ2) is 7.34. The molecule has 1 aromatic rings. The van der Waals surface area contributed by atoms with Crippen LogP contribution in [0.3, 0.4) is 0 Å². The van der Waals surface area contributed by atoms with Crippen LogP contribution >= 0.6 is 0 Å². The maximum absolute atomic E-state index is 12.8. The van der Waals surface area contributed by atoms with Gasteiger partial charge in [0.2, 0.25) is 11.8 Å². The minimum atomic E-state index is -0.208. The van der Waals surface area contributed by atoms with Crippen LogP contribution in [-0.2, 0) is 9.59 Å². The molecule has 2 N–H and O–H groups in total. The van der Waals surface area contributed by atoms with Gasteiger partial charge in [-0.15, -0.1) is 0 Å². The normalized spacial score (nSPS) is 22.7. The number of carbonyl (C=O) groups is 2. The molecule has 0 spiro atoms. The molecule has 5 heteroatoms. The van der Waals surface area contributed by atoms with Crippen LogP contribution in [0.4, 0.5) is 0 Å². The summed E-state index contributed by atoms with van der Waals surface area (Å²) in [6.45, 7) is 4.97. The lowest BCUT2D eigenvalue weighted by Crippen LogP contribution is -2.44. The standard InChI is InChI=1S/C19H27N3O2/c1-14-5-2-3-6-16(14)17-7-4-10-22(17)18(23)13-21-11-8-15(9-12-21)19(20)24/h2-3,5-6,15,17H,4,7-13H2,1H3,(H2,20,24)/t17-/m0/s1. The second-order valence-electron chi connectivity index (χ2n) is 7.05. The van der Waals surface area contributed by atoms with Crippen LogP contribution in [0.2, 0.25) is 0 Å². The number of likely N-dealkylation sites (tertiary alicyclic amines) is 2. The molecule has 24 heavy (non-hydrogen) atoms. The van der Waals surface area contributed by atoms with Crippen LogP contribution in [0.25, 0.3) is 0 Å². The Balaban J connectivity index is 1.61. The first kappa shape index (κ1) is 17.0. The van der Waals surface area contributed by atoms with E-state index in [1.165, 1.54) is 11.1 Å². The van der Waals surface area contributed by atoms with Crippen molar-refractivity contribution in [2.24, 2.45) is 11.7 Å². The summed E-state index contributed by atoms with van der Waals surface area (Å²) in [7, 11) is 0. The van der Waals surface area contributed by atoms with Gasteiger partial charge in [0.15, 0.2) is 0 Å². The van der Waals surface area contributed by atoms with Gasteiger partial charge in [-0.3, -0.25) is 14.5 Å². The van der Waals surface area contributed by atoms with E-state index in [4.69, 9.17) is 5.73 Å². The van der Waals surface area contributed by atoms with Gasteiger partial charge in [-0.1, -0.05) is 24.3 Å². The molecule has 0 bridgehead atoms. The number of hydrogen-bond acceptors (Lipinski definition) is 3. The lowest BCUT2D eigenvalue weighted by molar-refractivity contribution is -0.133. The molecule has 0 radical (unpaired) electrons. The van der Waals surface area contributed by atoms with Crippen LogP contribution in [0, 0.1) is 12.8 Å². The highest BCUT2D eigenvalue weighted by molar-refractivity contribution is 5.79. The minimum absolute atomic E-state index is 0.0251. The van der Waals surface area contributed by atoms with Gasteiger partial charge in [-0.05, 0) is 56.8 Å². The van der Waals surface area contributed by atoms with Gasteiger partial charge in [0.05, 0.1) is 12.6 Å². The Morgan fingerprint density at radius 2 is 1.83 bits per heavy atom. The Kier molecular flexibility index (Phi) is 5.19. The molecule has 2 amide bonds. The molecule has 2 heterocycles. The molecular weight excluding hydrogens is 302 g/mol. The number of primary amides is 1. The quantitative estimate of drug-likeness (QED) is 0.917. The average molecular weight is 329 g/mol. The SMILES string of the molecule is Cc1ccccc1[C@@H]1CCCN1C(=O)CN1CCC(C(N)=O)CC1. The topological polar surface area (TPSA) is 66.6 Å². The lowest BCUT2D eigenvalue weighted by atomic mass is 9.96. The third kappa shape index (κ3) is 3.61. The summed E-state index contributed by atoms with van der Waals surface area (Å²) >= 11 is 0. The van der Waals surface area contributed by atoms with Crippen LogP contribution in [0.1, 0.15) is 42.9 Å². The highest BCUT2D eigenvalue weighted by Crippen LogP contribution is 2.33. The summed E-state index contributed by atoms with van der Waals surface area (Å²) in [5.74, 6) is -0.0266. The lowest BCUT2D eigenvalue weighted by Gasteiger charge is -2.33. The fraction of sp³-hybridized carbons (Fsp3) is 0.579. The number of nitrogens with two attached hydrogens (primary N) is 1. The number of benzene rings is 1. The smallest absolute Gasteiger partial charge is 0.237 e. The van der Waals surface area contributed by atoms with E-state index in [0.29, 0.717) is 6.54 Å². The van der Waals surface area contributed by atoms with Crippen molar-refractivity contribution in [2.75, 3.05) is 26.2 Å². The summed E-state index contributed by atoms with van der Waals surface area (Å²) in [6.07, 6.45) is 3.64. The van der Waals surface area contributed by atoms with E-state index in [-0.39, 0.29) is 23.8 Å². The van der Waals surface area contributed by atoms with Gasteiger partial charge in [-0.25, -0.2) is 0 Å². The van der Waals surface area contributed by atoms with Crippen molar-refractivity contribution in [3.05, 3.63) is 35.4 Å². The maximum atomic E-state index is 12.8. The molecule has 2 saturated heterocycles. The predicted octanol–water partition coefficient (Wildman–Crippen LogP) is 1.86. The summed E-state index contributed by atoms with van der Waals surface area (Å²) in [4.78, 5) is 28.3. The Bertz CT molecular complexity index is 608. The molecule has 5 nitrogen and oxygen atoms in total. The molecule has 1 aromatic carbocycles. The Morgan fingerprint density at radius 1 is 1.12 bits per heavy atom. The van der Waals surface area contributed by atoms with E-state index in [2.05, 4.69) is 30.0 Å². The summed E-state index contributed by atoms with van der Waals surface area (Å²) in [5.41, 5.74) is 7.91. The number of rotatable bonds is 4. The van der Waals surface area contributed by atoms with E-state index in [1.54, 1.807) is 0 Å². The van der Waals surface area contributed by atoms with Crippen molar-refractivity contribution in [3.8, 4) is 0 Å². The molecule has 0 unspecified atom stereocenters. The summed E-state index contributed by atoms with van der Waals surface area (Å²) < 4.78 is 0. The van der Waals surface area contributed by atoms with Gasteiger partial charge >= 0.3 is 0 Å². The van der Waals surface area contributed by atoms with Crippen LogP contribution in [0.15, 0.2) is 24.3 Å². The van der Waals surface area contributed by atoms with Gasteiger partial charge < -0.3 is 10.6 Å². The number of aryl methyl sites for hydroxylation is 1. The van der Waals surface area contributed by atoms with Crippen molar-refractivity contribution < 1.29 is 9.59 Å². The molecule has 2 fully saturated rings. The molecule has 0 aliphatic carbocycles. The number of carbonyl (C=O) groups excluding carboxylic acids is 2. The van der Waals surface area contributed by atoms with Gasteiger partial charge in [0.1, 0.15) is 0 Å². The van der Waals surface area contributed by atoms with E-state index < -0.39 is 0 Å². The number of piperidine rings is 1. The predicted molar refractivity (Wildman–Crippen MR) is 93.2 cm³/mol. The van der Waals surface area contributed by atoms with E-state index in [1.807, 2.05) is 11.0 Å². The Hall–Kier alpha value is -1.88. The summed E-state index contributed by atoms with van der Waals surface area (Å²) in [6, 6.07) is 8.57. The fourth-order valence-corrected chi connectivity index (χ4v) is 4.01. The molecule has 2 aliphatic rings. The zero-order valence-corrected chi connectivity index (χ0v) is 14.4. The van der Waals surface area contributed by atoms with Crippen molar-refractivity contribution in [3.63, 3.8) is 0 Å². The maximum Gasteiger partial charge on any atom is 0.237 e. The highest BCUT2D eigenvalue weighted by Gasteiger charge is 2.32. The Morgan fingerprint density at radius 3 is 2.50 bits per heavy atom. The van der Waals surface area contributed by atoms with Crippen LogP contribution in [0.5, 0.6) is 0 Å². The molecule has 0 saturated carbocycles. The first-order chi connectivity index (χ1) is 11.6.